The van der Waals surface area contributed by atoms with Gasteiger partial charge in [-0.05, 0) is 69.1 Å². The summed E-state index contributed by atoms with van der Waals surface area (Å²) in [5.41, 5.74) is 7.79. The van der Waals surface area contributed by atoms with Gasteiger partial charge in [0.15, 0.2) is 0 Å². The molecule has 3 nitrogen and oxygen atoms in total. The smallest absolute Gasteiger partial charge is 0.0344 e. The van der Waals surface area contributed by atoms with Gasteiger partial charge in [-0.1, -0.05) is 0 Å². The molecule has 0 aromatic carbocycles. The quantitative estimate of drug-likeness (QED) is 0.906. The SMILES string of the molecule is CC(C)N1CCCC(CN)(N(C)Cc2ccsc2)CC1. The number of likely N-dealkylation sites (N-methyl/N-ethyl adjacent to an activating group) is 1. The second kappa shape index (κ2) is 7.03. The molecule has 0 aliphatic carbocycles. The summed E-state index contributed by atoms with van der Waals surface area (Å²) in [5.74, 6) is 0. The zero-order chi connectivity index (χ0) is 14.6. The zero-order valence-corrected chi connectivity index (χ0v) is 14.0. The standard InChI is InChI=1S/C16H29N3S/c1-14(2)19-8-4-6-16(13-17,7-9-19)18(3)11-15-5-10-20-12-15/h5,10,12,14H,4,6-9,11,13,17H2,1-3H3. The van der Waals surface area contributed by atoms with Gasteiger partial charge in [-0.25, -0.2) is 0 Å². The fraction of sp³-hybridized carbons (Fsp3) is 0.750. The zero-order valence-electron chi connectivity index (χ0n) is 13.1. The predicted molar refractivity (Wildman–Crippen MR) is 88.1 cm³/mol. The first-order chi connectivity index (χ1) is 9.57. The van der Waals surface area contributed by atoms with Gasteiger partial charge in [-0.3, -0.25) is 4.90 Å². The highest BCUT2D eigenvalue weighted by Crippen LogP contribution is 2.29. The maximum Gasteiger partial charge on any atom is 0.0344 e. The fourth-order valence-corrected chi connectivity index (χ4v) is 3.94. The van der Waals surface area contributed by atoms with Crippen LogP contribution in [0, 0.1) is 0 Å². The molecule has 0 bridgehead atoms. The van der Waals surface area contributed by atoms with E-state index < -0.39 is 0 Å². The van der Waals surface area contributed by atoms with E-state index in [0.717, 1.165) is 13.1 Å². The maximum atomic E-state index is 6.20. The van der Waals surface area contributed by atoms with E-state index in [4.69, 9.17) is 5.73 Å². The molecule has 1 unspecified atom stereocenters. The molecule has 1 fully saturated rings. The van der Waals surface area contributed by atoms with Crippen LogP contribution in [0.1, 0.15) is 38.7 Å². The molecule has 1 aliphatic heterocycles. The number of rotatable bonds is 5. The number of nitrogens with two attached hydrogens (primary N) is 1. The van der Waals surface area contributed by atoms with Crippen molar-refractivity contribution in [1.29, 1.82) is 0 Å². The molecular formula is C16H29N3S. The van der Waals surface area contributed by atoms with Crippen molar-refractivity contribution < 1.29 is 0 Å². The normalized spacial score (nSPS) is 25.3. The first-order valence-corrected chi connectivity index (χ1v) is 8.68. The average molecular weight is 295 g/mol. The van der Waals surface area contributed by atoms with Crippen LogP contribution in [-0.2, 0) is 6.54 Å². The van der Waals surface area contributed by atoms with Crippen LogP contribution in [0.3, 0.4) is 0 Å². The van der Waals surface area contributed by atoms with E-state index in [0.29, 0.717) is 6.04 Å². The highest BCUT2D eigenvalue weighted by molar-refractivity contribution is 7.07. The predicted octanol–water partition coefficient (Wildman–Crippen LogP) is 2.77. The van der Waals surface area contributed by atoms with Gasteiger partial charge >= 0.3 is 0 Å². The maximum absolute atomic E-state index is 6.20. The first kappa shape index (κ1) is 16.0. The summed E-state index contributed by atoms with van der Waals surface area (Å²) in [7, 11) is 2.25. The molecule has 0 saturated carbocycles. The van der Waals surface area contributed by atoms with Crippen LogP contribution < -0.4 is 5.73 Å². The van der Waals surface area contributed by atoms with E-state index in [1.54, 1.807) is 11.3 Å². The lowest BCUT2D eigenvalue weighted by atomic mass is 9.88. The van der Waals surface area contributed by atoms with E-state index in [2.05, 4.69) is 47.5 Å². The van der Waals surface area contributed by atoms with Gasteiger partial charge in [-0.15, -0.1) is 0 Å². The Morgan fingerprint density at radius 3 is 2.80 bits per heavy atom. The summed E-state index contributed by atoms with van der Waals surface area (Å²) in [6, 6.07) is 2.87. The molecule has 114 valence electrons. The molecule has 0 amide bonds. The van der Waals surface area contributed by atoms with Crippen molar-refractivity contribution in [1.82, 2.24) is 9.80 Å². The minimum atomic E-state index is 0.172. The number of hydrogen-bond donors (Lipinski definition) is 1. The van der Waals surface area contributed by atoms with E-state index >= 15 is 0 Å². The minimum Gasteiger partial charge on any atom is -0.329 e. The van der Waals surface area contributed by atoms with E-state index in [1.807, 2.05) is 0 Å². The molecule has 1 aromatic heterocycles. The van der Waals surface area contributed by atoms with Gasteiger partial charge in [0, 0.05) is 31.2 Å². The molecule has 1 aliphatic rings. The van der Waals surface area contributed by atoms with Crippen LogP contribution in [0.15, 0.2) is 16.8 Å². The Hall–Kier alpha value is -0.420. The Bertz CT molecular complexity index is 390. The summed E-state index contributed by atoms with van der Waals surface area (Å²) in [6.07, 6.45) is 3.65. The van der Waals surface area contributed by atoms with E-state index in [-0.39, 0.29) is 5.54 Å². The van der Waals surface area contributed by atoms with E-state index in [9.17, 15) is 0 Å². The Labute approximate surface area is 127 Å². The van der Waals surface area contributed by atoms with Crippen LogP contribution in [0.5, 0.6) is 0 Å². The molecule has 4 heteroatoms. The number of likely N-dealkylation sites (tertiary alicyclic amines) is 1. The van der Waals surface area contributed by atoms with Gasteiger partial charge in [0.05, 0.1) is 0 Å². The van der Waals surface area contributed by atoms with Crippen molar-refractivity contribution in [2.24, 2.45) is 5.73 Å². The molecule has 2 heterocycles. The second-order valence-corrected chi connectivity index (χ2v) is 7.18. The highest BCUT2D eigenvalue weighted by Gasteiger charge is 2.35. The van der Waals surface area contributed by atoms with Gasteiger partial charge < -0.3 is 10.6 Å². The van der Waals surface area contributed by atoms with Gasteiger partial charge in [0.2, 0.25) is 0 Å². The van der Waals surface area contributed by atoms with Crippen molar-refractivity contribution in [2.75, 3.05) is 26.7 Å². The van der Waals surface area contributed by atoms with Crippen LogP contribution in [0.25, 0.3) is 0 Å². The lowest BCUT2D eigenvalue weighted by molar-refractivity contribution is 0.0975. The number of thiophene rings is 1. The molecule has 2 N–H and O–H groups in total. The number of hydrogen-bond acceptors (Lipinski definition) is 4. The van der Waals surface area contributed by atoms with Crippen molar-refractivity contribution >= 4 is 11.3 Å². The minimum absolute atomic E-state index is 0.172. The summed E-state index contributed by atoms with van der Waals surface area (Å²) in [4.78, 5) is 5.09. The topological polar surface area (TPSA) is 32.5 Å². The molecular weight excluding hydrogens is 266 g/mol. The molecule has 1 saturated heterocycles. The summed E-state index contributed by atoms with van der Waals surface area (Å²) >= 11 is 1.78. The molecule has 2 rings (SSSR count). The van der Waals surface area contributed by atoms with Crippen LogP contribution in [0.4, 0.5) is 0 Å². The van der Waals surface area contributed by atoms with Crippen molar-refractivity contribution in [2.45, 2.75) is 51.2 Å². The van der Waals surface area contributed by atoms with Crippen LogP contribution >= 0.6 is 11.3 Å². The first-order valence-electron chi connectivity index (χ1n) is 7.74. The molecule has 1 aromatic rings. The van der Waals surface area contributed by atoms with Crippen molar-refractivity contribution in [3.05, 3.63) is 22.4 Å². The summed E-state index contributed by atoms with van der Waals surface area (Å²) in [5, 5.41) is 4.41. The third-order valence-corrected chi connectivity index (χ3v) is 5.60. The lowest BCUT2D eigenvalue weighted by Crippen LogP contribution is -2.52. The largest absolute Gasteiger partial charge is 0.329 e. The van der Waals surface area contributed by atoms with Crippen molar-refractivity contribution in [3.63, 3.8) is 0 Å². The van der Waals surface area contributed by atoms with Gasteiger partial charge in [-0.2, -0.15) is 11.3 Å². The molecule has 0 radical (unpaired) electrons. The third-order valence-electron chi connectivity index (χ3n) is 4.87. The van der Waals surface area contributed by atoms with Gasteiger partial charge in [0.1, 0.15) is 0 Å². The monoisotopic (exact) mass is 295 g/mol. The number of nitrogens with zero attached hydrogens (tertiary/aromatic N) is 2. The lowest BCUT2D eigenvalue weighted by Gasteiger charge is -2.41. The van der Waals surface area contributed by atoms with Crippen molar-refractivity contribution in [3.8, 4) is 0 Å². The Morgan fingerprint density at radius 1 is 1.40 bits per heavy atom. The highest BCUT2D eigenvalue weighted by atomic mass is 32.1. The summed E-state index contributed by atoms with van der Waals surface area (Å²) in [6.45, 7) is 8.76. The fourth-order valence-electron chi connectivity index (χ4n) is 3.28. The summed E-state index contributed by atoms with van der Waals surface area (Å²) < 4.78 is 0. The van der Waals surface area contributed by atoms with Crippen LogP contribution in [-0.4, -0.2) is 48.1 Å². The second-order valence-electron chi connectivity index (χ2n) is 6.40. The van der Waals surface area contributed by atoms with Crippen LogP contribution in [0.2, 0.25) is 0 Å². The third kappa shape index (κ3) is 3.61. The van der Waals surface area contributed by atoms with E-state index in [1.165, 1.54) is 37.9 Å². The average Bonchev–Trinajstić information content (AvgIpc) is 2.82. The molecule has 0 spiro atoms. The Morgan fingerprint density at radius 2 is 2.20 bits per heavy atom. The Balaban J connectivity index is 2.04. The molecule has 1 atom stereocenters. The molecule has 20 heavy (non-hydrogen) atoms. The van der Waals surface area contributed by atoms with Gasteiger partial charge in [0.25, 0.3) is 0 Å². The Kier molecular flexibility index (Phi) is 5.61.